The van der Waals surface area contributed by atoms with Crippen molar-refractivity contribution in [1.82, 2.24) is 33.4 Å². The van der Waals surface area contributed by atoms with Gasteiger partial charge in [0.1, 0.15) is 6.61 Å². The van der Waals surface area contributed by atoms with Crippen LogP contribution in [0.25, 0.3) is 33.5 Å². The van der Waals surface area contributed by atoms with Crippen LogP contribution < -0.4 is 11.2 Å². The summed E-state index contributed by atoms with van der Waals surface area (Å²) in [6.07, 6.45) is 3.09. The minimum Gasteiger partial charge on any atom is -0.460 e. The molecule has 36 heavy (non-hydrogen) atoms. The fourth-order valence-corrected chi connectivity index (χ4v) is 4.20. The largest absolute Gasteiger partial charge is 0.460 e. The highest BCUT2D eigenvalue weighted by molar-refractivity contribution is 6.03. The van der Waals surface area contributed by atoms with E-state index in [-0.39, 0.29) is 30.4 Å². The summed E-state index contributed by atoms with van der Waals surface area (Å²) in [4.78, 5) is 47.0. The first-order valence-electron chi connectivity index (χ1n) is 11.5. The third-order valence-electron chi connectivity index (χ3n) is 6.13. The monoisotopic (exact) mass is 487 g/mol. The maximum Gasteiger partial charge on any atom is 0.339 e. The molecule has 0 fully saturated rings. The second-order valence-corrected chi connectivity index (χ2v) is 8.79. The maximum atomic E-state index is 13.2. The molecule has 11 heteroatoms. The summed E-state index contributed by atoms with van der Waals surface area (Å²) in [6, 6.07) is 11.4. The van der Waals surface area contributed by atoms with Crippen molar-refractivity contribution in [3.05, 3.63) is 75.3 Å². The van der Waals surface area contributed by atoms with Gasteiger partial charge < -0.3 is 9.30 Å². The number of fused-ring (bicyclic) bond motifs is 2. The van der Waals surface area contributed by atoms with Gasteiger partial charge in [0, 0.05) is 25.7 Å². The van der Waals surface area contributed by atoms with E-state index in [1.165, 1.54) is 17.9 Å². The Morgan fingerprint density at radius 2 is 1.81 bits per heavy atom. The molecular formula is C25H25N7O4. The topological polar surface area (TPSA) is 119 Å². The first-order valence-corrected chi connectivity index (χ1v) is 11.5. The molecule has 0 spiro atoms. The highest BCUT2D eigenvalue weighted by atomic mass is 16.5. The van der Waals surface area contributed by atoms with Crippen molar-refractivity contribution >= 4 is 28.2 Å². The lowest BCUT2D eigenvalue weighted by molar-refractivity contribution is 0.0494. The average molecular weight is 488 g/mol. The number of hydrogen-bond acceptors (Lipinski definition) is 7. The van der Waals surface area contributed by atoms with Crippen molar-refractivity contribution in [3.63, 3.8) is 0 Å². The van der Waals surface area contributed by atoms with E-state index < -0.39 is 17.2 Å². The lowest BCUT2D eigenvalue weighted by Crippen LogP contribution is -2.37. The van der Waals surface area contributed by atoms with Crippen LogP contribution in [0.2, 0.25) is 0 Å². The Bertz CT molecular complexity index is 1730. The van der Waals surface area contributed by atoms with E-state index in [0.717, 1.165) is 10.1 Å². The second-order valence-electron chi connectivity index (χ2n) is 8.79. The van der Waals surface area contributed by atoms with Crippen molar-refractivity contribution in [2.75, 3.05) is 6.61 Å². The van der Waals surface area contributed by atoms with Crippen LogP contribution in [0.1, 0.15) is 30.2 Å². The van der Waals surface area contributed by atoms with Gasteiger partial charge in [0.25, 0.3) is 5.56 Å². The quantitative estimate of drug-likeness (QED) is 0.337. The van der Waals surface area contributed by atoms with Crippen molar-refractivity contribution in [2.24, 2.45) is 14.1 Å². The van der Waals surface area contributed by atoms with Crippen LogP contribution in [0.4, 0.5) is 0 Å². The van der Waals surface area contributed by atoms with Gasteiger partial charge in [0.2, 0.25) is 0 Å². The molecule has 0 radical (unpaired) electrons. The molecular weight excluding hydrogens is 462 g/mol. The van der Waals surface area contributed by atoms with Crippen LogP contribution in [0.5, 0.6) is 0 Å². The minimum absolute atomic E-state index is 0.000900. The van der Waals surface area contributed by atoms with Gasteiger partial charge in [0.15, 0.2) is 16.8 Å². The molecule has 0 bridgehead atoms. The molecule has 5 rings (SSSR count). The van der Waals surface area contributed by atoms with E-state index in [1.807, 2.05) is 44.2 Å². The first-order chi connectivity index (χ1) is 17.3. The molecule has 0 unspecified atom stereocenters. The molecule has 4 heterocycles. The standard InChI is InChI=1S/C25H25N7O4/c1-15(2)32-21-18(13-27-32)17(12-19(28-21)16-8-6-5-7-9-16)24(34)36-11-10-31-14-26-22-20(31)23(33)30(4)25(35)29(22)3/h5-9,12-15H,10-11H2,1-4H3. The van der Waals surface area contributed by atoms with E-state index in [4.69, 9.17) is 9.72 Å². The zero-order valence-corrected chi connectivity index (χ0v) is 20.4. The predicted molar refractivity (Wildman–Crippen MR) is 134 cm³/mol. The number of pyridine rings is 1. The van der Waals surface area contributed by atoms with Crippen LogP contribution in [-0.2, 0) is 25.4 Å². The van der Waals surface area contributed by atoms with E-state index in [9.17, 15) is 14.4 Å². The zero-order valence-electron chi connectivity index (χ0n) is 20.4. The summed E-state index contributed by atoms with van der Waals surface area (Å²) in [6.45, 7) is 4.19. The van der Waals surface area contributed by atoms with E-state index >= 15 is 0 Å². The number of carbonyl (C=O) groups excluding carboxylic acids is 1. The molecule has 4 aromatic heterocycles. The molecule has 184 valence electrons. The van der Waals surface area contributed by atoms with Gasteiger partial charge in [0.05, 0.1) is 35.7 Å². The van der Waals surface area contributed by atoms with Crippen molar-refractivity contribution in [2.45, 2.75) is 26.4 Å². The summed E-state index contributed by atoms with van der Waals surface area (Å²) in [5, 5.41) is 5.03. The van der Waals surface area contributed by atoms with Crippen LogP contribution in [0, 0.1) is 0 Å². The van der Waals surface area contributed by atoms with Crippen LogP contribution in [0.3, 0.4) is 0 Å². The number of aromatic nitrogens is 7. The van der Waals surface area contributed by atoms with Crippen molar-refractivity contribution in [3.8, 4) is 11.3 Å². The molecule has 0 N–H and O–H groups in total. The van der Waals surface area contributed by atoms with Crippen molar-refractivity contribution in [1.29, 1.82) is 0 Å². The van der Waals surface area contributed by atoms with Crippen LogP contribution in [0.15, 0.2) is 58.5 Å². The Labute approximate surface area is 205 Å². The number of esters is 1. The van der Waals surface area contributed by atoms with Gasteiger partial charge in [-0.05, 0) is 19.9 Å². The molecule has 0 aliphatic rings. The predicted octanol–water partition coefficient (Wildman–Crippen LogP) is 2.28. The number of aryl methyl sites for hydroxylation is 1. The Morgan fingerprint density at radius 3 is 2.53 bits per heavy atom. The lowest BCUT2D eigenvalue weighted by atomic mass is 10.1. The summed E-state index contributed by atoms with van der Waals surface area (Å²) in [5.41, 5.74) is 2.11. The number of rotatable bonds is 6. The van der Waals surface area contributed by atoms with Gasteiger partial charge in [-0.25, -0.2) is 24.2 Å². The summed E-state index contributed by atoms with van der Waals surface area (Å²) in [5.74, 6) is -0.521. The third-order valence-corrected chi connectivity index (χ3v) is 6.13. The number of ether oxygens (including phenoxy) is 1. The van der Waals surface area contributed by atoms with Gasteiger partial charge in [-0.15, -0.1) is 0 Å². The highest BCUT2D eigenvalue weighted by Crippen LogP contribution is 2.26. The third kappa shape index (κ3) is 3.78. The zero-order chi connectivity index (χ0) is 25.6. The fraction of sp³-hybridized carbons (Fsp3) is 0.280. The Balaban J connectivity index is 1.46. The molecule has 0 saturated carbocycles. The SMILES string of the molecule is CC(C)n1ncc2c(C(=O)OCCn3cnc4c3c(=O)n(C)c(=O)n4C)cc(-c3ccccc3)nc21. The molecule has 11 nitrogen and oxygen atoms in total. The Kier molecular flexibility index (Phi) is 5.75. The summed E-state index contributed by atoms with van der Waals surface area (Å²) >= 11 is 0. The molecule has 1 aromatic carbocycles. The Hall–Kier alpha value is -4.54. The normalized spacial score (nSPS) is 11.6. The number of imidazole rings is 1. The molecule has 0 atom stereocenters. The highest BCUT2D eigenvalue weighted by Gasteiger charge is 2.20. The number of nitrogens with zero attached hydrogens (tertiary/aromatic N) is 7. The summed E-state index contributed by atoms with van der Waals surface area (Å²) < 4.78 is 11.3. The van der Waals surface area contributed by atoms with E-state index in [1.54, 1.807) is 28.6 Å². The van der Waals surface area contributed by atoms with Crippen molar-refractivity contribution < 1.29 is 9.53 Å². The lowest BCUT2D eigenvalue weighted by Gasteiger charge is -2.11. The van der Waals surface area contributed by atoms with E-state index in [2.05, 4.69) is 10.1 Å². The number of hydrogen-bond donors (Lipinski definition) is 0. The van der Waals surface area contributed by atoms with Gasteiger partial charge in [-0.2, -0.15) is 5.10 Å². The molecule has 0 aliphatic heterocycles. The maximum absolute atomic E-state index is 13.2. The van der Waals surface area contributed by atoms with E-state index in [0.29, 0.717) is 22.3 Å². The first kappa shape index (κ1) is 23.2. The van der Waals surface area contributed by atoms with Gasteiger partial charge in [-0.3, -0.25) is 13.9 Å². The van der Waals surface area contributed by atoms with Gasteiger partial charge >= 0.3 is 11.7 Å². The molecule has 5 aromatic rings. The molecule has 0 saturated heterocycles. The molecule has 0 aliphatic carbocycles. The molecule has 0 amide bonds. The van der Waals surface area contributed by atoms with Gasteiger partial charge in [-0.1, -0.05) is 30.3 Å². The smallest absolute Gasteiger partial charge is 0.339 e. The van der Waals surface area contributed by atoms with Crippen LogP contribution in [-0.4, -0.2) is 46.0 Å². The summed E-state index contributed by atoms with van der Waals surface area (Å²) in [7, 11) is 2.97. The minimum atomic E-state index is -0.521. The second kappa shape index (κ2) is 8.91. The number of carbonyl (C=O) groups is 1. The average Bonchev–Trinajstić information content (AvgIpc) is 3.51. The number of benzene rings is 1. The Morgan fingerprint density at radius 1 is 1.06 bits per heavy atom. The fourth-order valence-electron chi connectivity index (χ4n) is 4.20. The van der Waals surface area contributed by atoms with Crippen LogP contribution >= 0.6 is 0 Å².